The van der Waals surface area contributed by atoms with Crippen LogP contribution in [0.2, 0.25) is 0 Å². The van der Waals surface area contributed by atoms with Crippen molar-refractivity contribution < 1.29 is 9.59 Å². The fourth-order valence-electron chi connectivity index (χ4n) is 0.907. The molecule has 0 rings (SSSR count). The molecule has 0 saturated heterocycles. The van der Waals surface area contributed by atoms with Gasteiger partial charge in [0.2, 0.25) is 11.8 Å². The van der Waals surface area contributed by atoms with Gasteiger partial charge in [0.15, 0.2) is 0 Å². The van der Waals surface area contributed by atoms with Crippen molar-refractivity contribution in [3.8, 4) is 0 Å². The van der Waals surface area contributed by atoms with Gasteiger partial charge in [-0.05, 0) is 13.8 Å². The lowest BCUT2D eigenvalue weighted by molar-refractivity contribution is -0.129. The highest BCUT2D eigenvalue weighted by Crippen LogP contribution is 1.89. The number of nitrogens with two attached hydrogens (primary N) is 2. The summed E-state index contributed by atoms with van der Waals surface area (Å²) in [5.74, 6) is -0.155. The van der Waals surface area contributed by atoms with E-state index in [0.29, 0.717) is 5.75 Å². The van der Waals surface area contributed by atoms with E-state index < -0.39 is 18.0 Å². The molecule has 0 aliphatic rings. The van der Waals surface area contributed by atoms with Crippen LogP contribution in [0.15, 0.2) is 0 Å². The normalized spacial score (nSPS) is 16.1. The highest BCUT2D eigenvalue weighted by Gasteiger charge is 2.19. The Labute approximate surface area is 101 Å². The molecule has 7 heteroatoms. The zero-order chi connectivity index (χ0) is 12.7. The third kappa shape index (κ3) is 5.34. The fourth-order valence-corrected chi connectivity index (χ4v) is 0.998. The molecule has 0 heterocycles. The summed E-state index contributed by atoms with van der Waals surface area (Å²) in [5, 5.41) is 5.17. The van der Waals surface area contributed by atoms with Crippen molar-refractivity contribution in [3.05, 3.63) is 0 Å². The summed E-state index contributed by atoms with van der Waals surface area (Å²) in [7, 11) is 0. The van der Waals surface area contributed by atoms with E-state index in [4.69, 9.17) is 11.5 Å². The minimum atomic E-state index is -0.780. The first-order valence-corrected chi connectivity index (χ1v) is 5.72. The summed E-state index contributed by atoms with van der Waals surface area (Å²) in [5.41, 5.74) is 10.6. The Bertz CT molecular complexity index is 250. The summed E-state index contributed by atoms with van der Waals surface area (Å²) < 4.78 is 0. The Kier molecular flexibility index (Phi) is 7.11. The van der Waals surface area contributed by atoms with Gasteiger partial charge in [-0.15, -0.1) is 0 Å². The minimum Gasteiger partial charge on any atom is -0.351 e. The molecule has 0 fully saturated rings. The Morgan fingerprint density at radius 3 is 2.25 bits per heavy atom. The molecular formula is C9H20N4O2S. The molecule has 0 aliphatic heterocycles. The predicted molar refractivity (Wildman–Crippen MR) is 66.1 cm³/mol. The quantitative estimate of drug-likeness (QED) is 0.358. The monoisotopic (exact) mass is 248 g/mol. The zero-order valence-corrected chi connectivity index (χ0v) is 10.5. The van der Waals surface area contributed by atoms with Crippen molar-refractivity contribution >= 4 is 24.4 Å². The first-order chi connectivity index (χ1) is 7.42. The Morgan fingerprint density at radius 2 is 1.81 bits per heavy atom. The maximum absolute atomic E-state index is 11.5. The maximum atomic E-state index is 11.5. The van der Waals surface area contributed by atoms with Crippen LogP contribution in [0, 0.1) is 0 Å². The van der Waals surface area contributed by atoms with Crippen molar-refractivity contribution in [3.63, 3.8) is 0 Å². The second kappa shape index (κ2) is 7.48. The Balaban J connectivity index is 4.10. The third-order valence-electron chi connectivity index (χ3n) is 2.01. The number of carbonyl (C=O) groups excluding carboxylic acids is 2. The smallest absolute Gasteiger partial charge is 0.242 e. The minimum absolute atomic E-state index is 0.0432. The molecule has 0 spiro atoms. The largest absolute Gasteiger partial charge is 0.351 e. The van der Waals surface area contributed by atoms with Gasteiger partial charge >= 0.3 is 0 Å². The molecule has 0 saturated carbocycles. The van der Waals surface area contributed by atoms with Crippen LogP contribution in [-0.2, 0) is 9.59 Å². The highest BCUT2D eigenvalue weighted by atomic mass is 32.1. The lowest BCUT2D eigenvalue weighted by Gasteiger charge is -2.18. The van der Waals surface area contributed by atoms with Crippen molar-refractivity contribution in [2.45, 2.75) is 32.0 Å². The predicted octanol–water partition coefficient (Wildman–Crippen LogP) is -1.79. The van der Waals surface area contributed by atoms with Crippen LogP contribution in [0.5, 0.6) is 0 Å². The van der Waals surface area contributed by atoms with Crippen LogP contribution in [0.3, 0.4) is 0 Å². The van der Waals surface area contributed by atoms with Gasteiger partial charge in [-0.25, -0.2) is 0 Å². The molecule has 0 radical (unpaired) electrons. The lowest BCUT2D eigenvalue weighted by atomic mass is 10.2. The molecule has 2 amide bonds. The molecule has 0 aromatic heterocycles. The molecule has 94 valence electrons. The number of rotatable bonds is 6. The average molecular weight is 248 g/mol. The average Bonchev–Trinajstić information content (AvgIpc) is 2.27. The molecular weight excluding hydrogens is 228 g/mol. The van der Waals surface area contributed by atoms with Crippen LogP contribution < -0.4 is 22.1 Å². The molecule has 0 aromatic carbocycles. The van der Waals surface area contributed by atoms with Gasteiger partial charge in [0, 0.05) is 18.3 Å². The van der Waals surface area contributed by atoms with E-state index in [9.17, 15) is 9.59 Å². The van der Waals surface area contributed by atoms with Crippen LogP contribution >= 0.6 is 12.6 Å². The van der Waals surface area contributed by atoms with E-state index in [1.54, 1.807) is 6.92 Å². The van der Waals surface area contributed by atoms with Crippen LogP contribution in [-0.4, -0.2) is 42.2 Å². The molecule has 6 nitrogen and oxygen atoms in total. The highest BCUT2D eigenvalue weighted by molar-refractivity contribution is 7.80. The van der Waals surface area contributed by atoms with E-state index in [1.165, 1.54) is 0 Å². The van der Waals surface area contributed by atoms with Gasteiger partial charge in [-0.3, -0.25) is 9.59 Å². The number of carbonyl (C=O) groups is 2. The Morgan fingerprint density at radius 1 is 1.25 bits per heavy atom. The van der Waals surface area contributed by atoms with Gasteiger partial charge in [-0.2, -0.15) is 12.6 Å². The number of nitrogens with one attached hydrogen (secondary N) is 2. The summed E-state index contributed by atoms with van der Waals surface area (Å²) in [6.45, 7) is 3.46. The molecule has 0 unspecified atom stereocenters. The zero-order valence-electron chi connectivity index (χ0n) is 9.56. The molecule has 0 aromatic rings. The summed E-state index contributed by atoms with van der Waals surface area (Å²) in [4.78, 5) is 22.9. The standard InChI is InChI=1S/C9H20N4O2S/c1-5(4-16)12-8(14)6(2)13-9(15)7(11)3-10/h5-7,16H,3-4,10-11H2,1-2H3,(H,12,14)(H,13,15)/t5-,6+,7+/m1/s1. The SMILES string of the molecule is C[C@H](CS)NC(=O)[C@H](C)NC(=O)[C@@H](N)CN. The Hall–Kier alpha value is -0.790. The lowest BCUT2D eigenvalue weighted by Crippen LogP contribution is -2.53. The molecule has 16 heavy (non-hydrogen) atoms. The van der Waals surface area contributed by atoms with Crippen molar-refractivity contribution in [2.75, 3.05) is 12.3 Å². The second-order valence-corrected chi connectivity index (χ2v) is 4.03. The molecule has 0 bridgehead atoms. The number of hydrogen-bond acceptors (Lipinski definition) is 5. The maximum Gasteiger partial charge on any atom is 0.242 e. The van der Waals surface area contributed by atoms with Crippen molar-refractivity contribution in [2.24, 2.45) is 11.5 Å². The summed E-state index contributed by atoms with van der Waals surface area (Å²) >= 11 is 4.04. The van der Waals surface area contributed by atoms with E-state index in [1.807, 2.05) is 6.92 Å². The number of hydrogen-bond donors (Lipinski definition) is 5. The van der Waals surface area contributed by atoms with Gasteiger partial charge in [0.05, 0.1) is 6.04 Å². The van der Waals surface area contributed by atoms with Gasteiger partial charge in [-0.1, -0.05) is 0 Å². The first-order valence-electron chi connectivity index (χ1n) is 5.09. The van der Waals surface area contributed by atoms with Crippen LogP contribution in [0.4, 0.5) is 0 Å². The van der Waals surface area contributed by atoms with Crippen LogP contribution in [0.1, 0.15) is 13.8 Å². The molecule has 0 aliphatic carbocycles. The van der Waals surface area contributed by atoms with E-state index >= 15 is 0 Å². The van der Waals surface area contributed by atoms with Gasteiger partial charge in [0.25, 0.3) is 0 Å². The third-order valence-corrected chi connectivity index (χ3v) is 2.55. The number of amides is 2. The van der Waals surface area contributed by atoms with Gasteiger partial charge < -0.3 is 22.1 Å². The van der Waals surface area contributed by atoms with Crippen molar-refractivity contribution in [1.29, 1.82) is 0 Å². The topological polar surface area (TPSA) is 110 Å². The van der Waals surface area contributed by atoms with Crippen molar-refractivity contribution in [1.82, 2.24) is 10.6 Å². The summed E-state index contributed by atoms with van der Waals surface area (Å²) in [6, 6.07) is -1.46. The van der Waals surface area contributed by atoms with E-state index in [2.05, 4.69) is 23.3 Å². The molecule has 3 atom stereocenters. The van der Waals surface area contributed by atoms with Crippen LogP contribution in [0.25, 0.3) is 0 Å². The fraction of sp³-hybridized carbons (Fsp3) is 0.778. The first kappa shape index (κ1) is 15.2. The van der Waals surface area contributed by atoms with Gasteiger partial charge in [0.1, 0.15) is 6.04 Å². The van der Waals surface area contributed by atoms with E-state index in [-0.39, 0.29) is 18.5 Å². The number of thiol groups is 1. The van der Waals surface area contributed by atoms with E-state index in [0.717, 1.165) is 0 Å². The molecule has 6 N–H and O–H groups in total. The summed E-state index contributed by atoms with van der Waals surface area (Å²) in [6.07, 6.45) is 0. The second-order valence-electron chi connectivity index (χ2n) is 3.66.